The number of halogens is 1. The van der Waals surface area contributed by atoms with E-state index in [0.717, 1.165) is 29.7 Å². The van der Waals surface area contributed by atoms with Crippen LogP contribution in [0.25, 0.3) is 0 Å². The average molecular weight is 322 g/mol. The molecule has 19 heavy (non-hydrogen) atoms. The topological polar surface area (TPSA) is 29.9 Å². The predicted octanol–water partition coefficient (Wildman–Crippen LogP) is 3.34. The van der Waals surface area contributed by atoms with Gasteiger partial charge >= 0.3 is 0 Å². The Hall–Kier alpha value is -1.13. The number of aryl methyl sites for hydroxylation is 3. The first-order valence-electron chi connectivity index (χ1n) is 6.59. The van der Waals surface area contributed by atoms with Crippen LogP contribution >= 0.6 is 15.9 Å². The van der Waals surface area contributed by atoms with Gasteiger partial charge in [0.05, 0.1) is 15.9 Å². The quantitative estimate of drug-likeness (QED) is 0.915. The first-order valence-corrected chi connectivity index (χ1v) is 7.38. The molecule has 0 amide bonds. The molecule has 3 nitrogen and oxygen atoms in total. The van der Waals surface area contributed by atoms with Crippen molar-refractivity contribution in [3.63, 3.8) is 0 Å². The Kier molecular flexibility index (Phi) is 4.77. The zero-order valence-corrected chi connectivity index (χ0v) is 13.3. The molecule has 0 aliphatic carbocycles. The van der Waals surface area contributed by atoms with Gasteiger partial charge in [0.2, 0.25) is 0 Å². The second kappa shape index (κ2) is 6.35. The minimum Gasteiger partial charge on any atom is -0.307 e. The molecule has 102 valence electrons. The third kappa shape index (κ3) is 3.25. The zero-order valence-electron chi connectivity index (χ0n) is 11.7. The van der Waals surface area contributed by atoms with Crippen LogP contribution in [-0.2, 0) is 26.6 Å². The Bertz CT molecular complexity index is 561. The molecule has 0 unspecified atom stereocenters. The van der Waals surface area contributed by atoms with Crippen LogP contribution in [0.4, 0.5) is 0 Å². The number of benzene rings is 1. The van der Waals surface area contributed by atoms with Crippen molar-refractivity contribution in [3.05, 3.63) is 51.3 Å². The van der Waals surface area contributed by atoms with Gasteiger partial charge in [-0.05, 0) is 40.4 Å². The highest BCUT2D eigenvalue weighted by molar-refractivity contribution is 9.10. The summed E-state index contributed by atoms with van der Waals surface area (Å²) in [4.78, 5) is 0. The number of aromatic nitrogens is 2. The van der Waals surface area contributed by atoms with Gasteiger partial charge < -0.3 is 5.32 Å². The molecule has 1 heterocycles. The molecule has 2 rings (SSSR count). The Morgan fingerprint density at radius 2 is 2.00 bits per heavy atom. The van der Waals surface area contributed by atoms with Crippen LogP contribution < -0.4 is 5.32 Å². The lowest BCUT2D eigenvalue weighted by atomic mass is 10.1. The summed E-state index contributed by atoms with van der Waals surface area (Å²) in [6, 6.07) is 8.47. The van der Waals surface area contributed by atoms with Crippen LogP contribution in [0.1, 0.15) is 29.4 Å². The molecule has 1 N–H and O–H groups in total. The molecular weight excluding hydrogens is 302 g/mol. The van der Waals surface area contributed by atoms with Gasteiger partial charge in [0.15, 0.2) is 0 Å². The van der Waals surface area contributed by atoms with Crippen LogP contribution in [0, 0.1) is 6.92 Å². The third-order valence-corrected chi connectivity index (χ3v) is 4.29. The standard InChI is InChI=1S/C15H20BrN3/c1-4-13-15(16)14(19(3)18-13)10-17-9-12-8-6-5-7-11(12)2/h5-8,17H,4,9-10H2,1-3H3. The lowest BCUT2D eigenvalue weighted by Crippen LogP contribution is -2.16. The molecule has 0 aliphatic heterocycles. The Morgan fingerprint density at radius 3 is 2.63 bits per heavy atom. The van der Waals surface area contributed by atoms with Crippen molar-refractivity contribution in [2.75, 3.05) is 0 Å². The van der Waals surface area contributed by atoms with Gasteiger partial charge in [-0.2, -0.15) is 5.10 Å². The summed E-state index contributed by atoms with van der Waals surface area (Å²) < 4.78 is 3.09. The van der Waals surface area contributed by atoms with E-state index in [1.54, 1.807) is 0 Å². The Morgan fingerprint density at radius 1 is 1.26 bits per heavy atom. The van der Waals surface area contributed by atoms with Gasteiger partial charge in [-0.25, -0.2) is 0 Å². The number of hydrogen-bond donors (Lipinski definition) is 1. The molecule has 1 aromatic carbocycles. The minimum atomic E-state index is 0.818. The fourth-order valence-electron chi connectivity index (χ4n) is 2.14. The van der Waals surface area contributed by atoms with E-state index in [1.165, 1.54) is 16.8 Å². The fourth-order valence-corrected chi connectivity index (χ4v) is 2.89. The number of hydrogen-bond acceptors (Lipinski definition) is 2. The molecule has 1 aromatic heterocycles. The summed E-state index contributed by atoms with van der Waals surface area (Å²) in [7, 11) is 1.99. The molecule has 4 heteroatoms. The highest BCUT2D eigenvalue weighted by atomic mass is 79.9. The molecular formula is C15H20BrN3. The van der Waals surface area contributed by atoms with Crippen LogP contribution in [0.15, 0.2) is 28.7 Å². The number of rotatable bonds is 5. The van der Waals surface area contributed by atoms with Crippen LogP contribution in [-0.4, -0.2) is 9.78 Å². The summed E-state index contributed by atoms with van der Waals surface area (Å²) in [5, 5.41) is 7.99. The summed E-state index contributed by atoms with van der Waals surface area (Å²) in [6.07, 6.45) is 0.951. The van der Waals surface area contributed by atoms with Gasteiger partial charge in [-0.3, -0.25) is 4.68 Å². The Balaban J connectivity index is 2.00. The maximum atomic E-state index is 4.50. The van der Waals surface area contributed by atoms with E-state index in [0.29, 0.717) is 0 Å². The van der Waals surface area contributed by atoms with Gasteiger partial charge in [-0.1, -0.05) is 31.2 Å². The van der Waals surface area contributed by atoms with Crippen LogP contribution in [0.2, 0.25) is 0 Å². The molecule has 0 saturated heterocycles. The number of nitrogens with zero attached hydrogens (tertiary/aromatic N) is 2. The third-order valence-electron chi connectivity index (χ3n) is 3.37. The van der Waals surface area contributed by atoms with Crippen molar-refractivity contribution in [1.82, 2.24) is 15.1 Å². The first-order chi connectivity index (χ1) is 9.13. The van der Waals surface area contributed by atoms with E-state index in [2.05, 4.69) is 64.5 Å². The summed E-state index contributed by atoms with van der Waals surface area (Å²) >= 11 is 3.64. The Labute approximate surface area is 123 Å². The van der Waals surface area contributed by atoms with E-state index in [1.807, 2.05) is 11.7 Å². The van der Waals surface area contributed by atoms with Crippen molar-refractivity contribution >= 4 is 15.9 Å². The van der Waals surface area contributed by atoms with Crippen LogP contribution in [0.3, 0.4) is 0 Å². The molecule has 0 aliphatic rings. The molecule has 0 fully saturated rings. The van der Waals surface area contributed by atoms with Gasteiger partial charge in [0, 0.05) is 20.1 Å². The SMILES string of the molecule is CCc1nn(C)c(CNCc2ccccc2C)c1Br. The lowest BCUT2D eigenvalue weighted by Gasteiger charge is -2.08. The molecule has 0 radical (unpaired) electrons. The van der Waals surface area contributed by atoms with E-state index in [-0.39, 0.29) is 0 Å². The van der Waals surface area contributed by atoms with Crippen molar-refractivity contribution in [1.29, 1.82) is 0 Å². The summed E-state index contributed by atoms with van der Waals surface area (Å²) in [6.45, 7) is 5.97. The molecule has 2 aromatic rings. The second-order valence-corrected chi connectivity index (χ2v) is 5.51. The monoisotopic (exact) mass is 321 g/mol. The average Bonchev–Trinajstić information content (AvgIpc) is 2.68. The summed E-state index contributed by atoms with van der Waals surface area (Å²) in [5.74, 6) is 0. The molecule has 0 atom stereocenters. The van der Waals surface area contributed by atoms with Crippen molar-refractivity contribution in [2.24, 2.45) is 7.05 Å². The normalized spacial score (nSPS) is 10.9. The largest absolute Gasteiger partial charge is 0.307 e. The van der Waals surface area contributed by atoms with E-state index >= 15 is 0 Å². The minimum absolute atomic E-state index is 0.818. The van der Waals surface area contributed by atoms with E-state index in [4.69, 9.17) is 0 Å². The predicted molar refractivity (Wildman–Crippen MR) is 82.0 cm³/mol. The smallest absolute Gasteiger partial charge is 0.0767 e. The maximum Gasteiger partial charge on any atom is 0.0767 e. The van der Waals surface area contributed by atoms with E-state index < -0.39 is 0 Å². The first kappa shape index (κ1) is 14.3. The van der Waals surface area contributed by atoms with Gasteiger partial charge in [0.25, 0.3) is 0 Å². The molecule has 0 bridgehead atoms. The second-order valence-electron chi connectivity index (χ2n) is 4.71. The summed E-state index contributed by atoms with van der Waals surface area (Å²) in [5.41, 5.74) is 4.99. The highest BCUT2D eigenvalue weighted by Crippen LogP contribution is 2.21. The number of nitrogens with one attached hydrogen (secondary N) is 1. The highest BCUT2D eigenvalue weighted by Gasteiger charge is 2.11. The van der Waals surface area contributed by atoms with Gasteiger partial charge in [0.1, 0.15) is 0 Å². The van der Waals surface area contributed by atoms with Crippen molar-refractivity contribution < 1.29 is 0 Å². The maximum absolute atomic E-state index is 4.50. The van der Waals surface area contributed by atoms with E-state index in [9.17, 15) is 0 Å². The molecule has 0 spiro atoms. The lowest BCUT2D eigenvalue weighted by molar-refractivity contribution is 0.621. The zero-order chi connectivity index (χ0) is 13.8. The van der Waals surface area contributed by atoms with Crippen molar-refractivity contribution in [3.8, 4) is 0 Å². The van der Waals surface area contributed by atoms with Crippen LogP contribution in [0.5, 0.6) is 0 Å². The van der Waals surface area contributed by atoms with Crippen molar-refractivity contribution in [2.45, 2.75) is 33.4 Å². The fraction of sp³-hybridized carbons (Fsp3) is 0.400. The van der Waals surface area contributed by atoms with Gasteiger partial charge in [-0.15, -0.1) is 0 Å². The molecule has 0 saturated carbocycles.